The quantitative estimate of drug-likeness (QED) is 0.502. The van der Waals surface area contributed by atoms with Crippen molar-refractivity contribution in [3.63, 3.8) is 0 Å². The van der Waals surface area contributed by atoms with Crippen molar-refractivity contribution in [2.24, 2.45) is 0 Å². The average Bonchev–Trinajstić information content (AvgIpc) is 2.76. The highest BCUT2D eigenvalue weighted by molar-refractivity contribution is 6.70. The summed E-state index contributed by atoms with van der Waals surface area (Å²) in [7, 11) is -3.95. The Hall–Kier alpha value is -0.666. The van der Waals surface area contributed by atoms with Crippen LogP contribution in [0.1, 0.15) is 24.5 Å². The fourth-order valence-corrected chi connectivity index (χ4v) is 5.37. The standard InChI is InChI=1S/C17H27ClO4Si2/c1-23(2,3)21-16(13-9-7-8-10-14(13)18)17(22-24(4,5)6)12-11-15(19)20-17/h7-10,16H,11-12H2,1-6H3. The summed E-state index contributed by atoms with van der Waals surface area (Å²) in [6.07, 6.45) is 0.299. The molecule has 0 aromatic heterocycles. The van der Waals surface area contributed by atoms with Gasteiger partial charge in [-0.25, -0.2) is 0 Å². The number of halogens is 1. The van der Waals surface area contributed by atoms with E-state index in [1.54, 1.807) is 0 Å². The Morgan fingerprint density at radius 1 is 1.12 bits per heavy atom. The molecule has 1 saturated heterocycles. The maximum atomic E-state index is 12.0. The van der Waals surface area contributed by atoms with Crippen LogP contribution in [0.5, 0.6) is 0 Å². The molecule has 1 aromatic carbocycles. The minimum Gasteiger partial charge on any atom is -0.431 e. The average molecular weight is 387 g/mol. The SMILES string of the molecule is C[Si](C)(C)OC(c1ccccc1Cl)C1(O[Si](C)(C)C)CCC(=O)O1. The molecule has 2 rings (SSSR count). The molecule has 0 aliphatic carbocycles. The Bertz CT molecular complexity index is 609. The van der Waals surface area contributed by atoms with E-state index in [4.69, 9.17) is 25.2 Å². The second-order valence-electron chi connectivity index (χ2n) is 8.13. The Kier molecular flexibility index (Phi) is 5.67. The first-order valence-corrected chi connectivity index (χ1v) is 15.5. The fourth-order valence-electron chi connectivity index (χ4n) is 2.83. The Morgan fingerprint density at radius 3 is 2.21 bits per heavy atom. The number of ether oxygens (including phenoxy) is 1. The van der Waals surface area contributed by atoms with E-state index in [0.29, 0.717) is 17.9 Å². The van der Waals surface area contributed by atoms with Crippen molar-refractivity contribution in [3.05, 3.63) is 34.9 Å². The Balaban J connectivity index is 2.53. The van der Waals surface area contributed by atoms with Crippen LogP contribution in [-0.4, -0.2) is 28.4 Å². The smallest absolute Gasteiger partial charge is 0.308 e. The highest BCUT2D eigenvalue weighted by Gasteiger charge is 2.53. The first-order chi connectivity index (χ1) is 10.9. The van der Waals surface area contributed by atoms with Gasteiger partial charge in [-0.1, -0.05) is 29.8 Å². The number of hydrogen-bond donors (Lipinski definition) is 0. The summed E-state index contributed by atoms with van der Waals surface area (Å²) >= 11 is 6.45. The lowest BCUT2D eigenvalue weighted by molar-refractivity contribution is -0.216. The van der Waals surface area contributed by atoms with Crippen LogP contribution < -0.4 is 0 Å². The zero-order valence-electron chi connectivity index (χ0n) is 15.3. The van der Waals surface area contributed by atoms with Crippen LogP contribution in [-0.2, 0) is 18.4 Å². The van der Waals surface area contributed by atoms with Crippen LogP contribution in [0.3, 0.4) is 0 Å². The predicted octanol–water partition coefficient (Wildman–Crippen LogP) is 5.12. The van der Waals surface area contributed by atoms with E-state index < -0.39 is 28.5 Å². The fraction of sp³-hybridized carbons (Fsp3) is 0.588. The van der Waals surface area contributed by atoms with Crippen LogP contribution in [0.2, 0.25) is 44.3 Å². The molecule has 1 fully saturated rings. The maximum Gasteiger partial charge on any atom is 0.308 e. The van der Waals surface area contributed by atoms with E-state index in [-0.39, 0.29) is 5.97 Å². The van der Waals surface area contributed by atoms with Crippen LogP contribution in [0.25, 0.3) is 0 Å². The third kappa shape index (κ3) is 4.92. The zero-order chi connectivity index (χ0) is 18.2. The number of rotatable bonds is 6. The normalized spacial score (nSPS) is 23.2. The molecule has 0 N–H and O–H groups in total. The van der Waals surface area contributed by atoms with Gasteiger partial charge in [-0.05, 0) is 45.3 Å². The van der Waals surface area contributed by atoms with E-state index in [9.17, 15) is 4.79 Å². The van der Waals surface area contributed by atoms with Gasteiger partial charge in [-0.15, -0.1) is 0 Å². The molecule has 2 atom stereocenters. The van der Waals surface area contributed by atoms with Crippen LogP contribution in [0.4, 0.5) is 0 Å². The number of carbonyl (C=O) groups excluding carboxylic acids is 1. The Morgan fingerprint density at radius 2 is 1.75 bits per heavy atom. The van der Waals surface area contributed by atoms with E-state index in [1.807, 2.05) is 24.3 Å². The summed E-state index contributed by atoms with van der Waals surface area (Å²) in [5.74, 6) is -1.34. The minimum atomic E-state index is -2.00. The largest absolute Gasteiger partial charge is 0.431 e. The van der Waals surface area contributed by atoms with E-state index in [2.05, 4.69) is 39.3 Å². The molecule has 1 heterocycles. The van der Waals surface area contributed by atoms with Gasteiger partial charge in [0.15, 0.2) is 16.6 Å². The molecule has 0 spiro atoms. The van der Waals surface area contributed by atoms with Crippen molar-refractivity contribution < 1.29 is 18.4 Å². The van der Waals surface area contributed by atoms with Gasteiger partial charge in [-0.3, -0.25) is 4.79 Å². The third-order valence-corrected chi connectivity index (χ3v) is 5.75. The number of benzene rings is 1. The van der Waals surface area contributed by atoms with Crippen LogP contribution in [0.15, 0.2) is 24.3 Å². The number of hydrogen-bond acceptors (Lipinski definition) is 4. The number of cyclic esters (lactones) is 1. The van der Waals surface area contributed by atoms with Gasteiger partial charge in [-0.2, -0.15) is 0 Å². The molecule has 1 aliphatic rings. The summed E-state index contributed by atoms with van der Waals surface area (Å²) in [5.41, 5.74) is 0.814. The predicted molar refractivity (Wildman–Crippen MR) is 101 cm³/mol. The third-order valence-electron chi connectivity index (χ3n) is 3.50. The molecule has 0 bridgehead atoms. The molecule has 0 radical (unpaired) electrons. The van der Waals surface area contributed by atoms with Gasteiger partial charge < -0.3 is 13.6 Å². The molecule has 134 valence electrons. The first-order valence-electron chi connectivity index (χ1n) is 8.26. The number of esters is 1. The van der Waals surface area contributed by atoms with Crippen molar-refractivity contribution in [2.75, 3.05) is 0 Å². The zero-order valence-corrected chi connectivity index (χ0v) is 18.1. The highest BCUT2D eigenvalue weighted by atomic mass is 35.5. The van der Waals surface area contributed by atoms with Gasteiger partial charge in [0.25, 0.3) is 0 Å². The Labute approximate surface area is 151 Å². The topological polar surface area (TPSA) is 44.8 Å². The first kappa shape index (κ1) is 19.7. The minimum absolute atomic E-state index is 0.246. The van der Waals surface area contributed by atoms with Crippen molar-refractivity contribution >= 4 is 34.2 Å². The van der Waals surface area contributed by atoms with Crippen molar-refractivity contribution in [2.45, 2.75) is 64.0 Å². The lowest BCUT2D eigenvalue weighted by atomic mass is 9.99. The molecule has 2 unspecified atom stereocenters. The molecule has 24 heavy (non-hydrogen) atoms. The molecule has 0 amide bonds. The van der Waals surface area contributed by atoms with Gasteiger partial charge in [0.1, 0.15) is 6.10 Å². The van der Waals surface area contributed by atoms with E-state index in [0.717, 1.165) is 5.56 Å². The molecule has 1 aromatic rings. The van der Waals surface area contributed by atoms with Crippen molar-refractivity contribution in [1.29, 1.82) is 0 Å². The van der Waals surface area contributed by atoms with Crippen LogP contribution >= 0.6 is 11.6 Å². The molecule has 7 heteroatoms. The summed E-state index contributed by atoms with van der Waals surface area (Å²) in [6, 6.07) is 7.55. The maximum absolute atomic E-state index is 12.0. The molecule has 4 nitrogen and oxygen atoms in total. The van der Waals surface area contributed by atoms with Gasteiger partial charge >= 0.3 is 5.97 Å². The highest BCUT2D eigenvalue weighted by Crippen LogP contribution is 2.46. The van der Waals surface area contributed by atoms with Crippen molar-refractivity contribution in [3.8, 4) is 0 Å². The van der Waals surface area contributed by atoms with Gasteiger partial charge in [0.05, 0.1) is 6.42 Å². The number of carbonyl (C=O) groups is 1. The van der Waals surface area contributed by atoms with E-state index in [1.165, 1.54) is 0 Å². The van der Waals surface area contributed by atoms with Gasteiger partial charge in [0.2, 0.25) is 5.79 Å². The van der Waals surface area contributed by atoms with Gasteiger partial charge in [0, 0.05) is 17.0 Å². The van der Waals surface area contributed by atoms with E-state index >= 15 is 0 Å². The van der Waals surface area contributed by atoms with Crippen molar-refractivity contribution in [1.82, 2.24) is 0 Å². The lowest BCUT2D eigenvalue weighted by Gasteiger charge is -2.42. The second kappa shape index (κ2) is 6.92. The molecule has 0 saturated carbocycles. The summed E-state index contributed by atoms with van der Waals surface area (Å²) < 4.78 is 18.6. The summed E-state index contributed by atoms with van der Waals surface area (Å²) in [5, 5.41) is 0.599. The monoisotopic (exact) mass is 386 g/mol. The molecular weight excluding hydrogens is 360 g/mol. The lowest BCUT2D eigenvalue weighted by Crippen LogP contribution is -2.50. The molecular formula is C17H27ClO4Si2. The second-order valence-corrected chi connectivity index (χ2v) is 17.4. The summed E-state index contributed by atoms with van der Waals surface area (Å²) in [6.45, 7) is 12.6. The molecule has 1 aliphatic heterocycles. The summed E-state index contributed by atoms with van der Waals surface area (Å²) in [4.78, 5) is 12.0. The van der Waals surface area contributed by atoms with Crippen LogP contribution in [0, 0.1) is 0 Å².